The molecule has 1 saturated carbocycles. The Balaban J connectivity index is 2.06. The molecule has 0 aromatic carbocycles. The van der Waals surface area contributed by atoms with Crippen molar-refractivity contribution >= 4 is 0 Å². The zero-order chi connectivity index (χ0) is 11.3. The lowest BCUT2D eigenvalue weighted by molar-refractivity contribution is 0.310. The molecule has 15 heavy (non-hydrogen) atoms. The molecule has 0 bridgehead atoms. The standard InChI is InChI=1S/C13H28N2/c1-11(2)12(14)6-9-15-10-13(3)7-4-5-8-13/h11-12,15H,4-10,14H2,1-3H3. The minimum Gasteiger partial charge on any atom is -0.327 e. The summed E-state index contributed by atoms with van der Waals surface area (Å²) in [4.78, 5) is 0. The van der Waals surface area contributed by atoms with Crippen molar-refractivity contribution in [3.63, 3.8) is 0 Å². The zero-order valence-corrected chi connectivity index (χ0v) is 10.7. The van der Waals surface area contributed by atoms with E-state index in [-0.39, 0.29) is 0 Å². The first-order chi connectivity index (χ1) is 7.03. The second-order valence-corrected chi connectivity index (χ2v) is 5.89. The Morgan fingerprint density at radius 2 is 1.87 bits per heavy atom. The molecular formula is C13H28N2. The van der Waals surface area contributed by atoms with Crippen LogP contribution in [-0.2, 0) is 0 Å². The lowest BCUT2D eigenvalue weighted by Crippen LogP contribution is -2.35. The molecule has 0 aromatic heterocycles. The molecule has 0 saturated heterocycles. The normalized spacial score (nSPS) is 22.2. The van der Waals surface area contributed by atoms with Crippen molar-refractivity contribution < 1.29 is 0 Å². The number of nitrogens with two attached hydrogens (primary N) is 1. The fourth-order valence-electron chi connectivity index (χ4n) is 2.40. The van der Waals surface area contributed by atoms with E-state index in [9.17, 15) is 0 Å². The summed E-state index contributed by atoms with van der Waals surface area (Å²) in [6.07, 6.45) is 6.74. The summed E-state index contributed by atoms with van der Waals surface area (Å²) in [6, 6.07) is 0.355. The SMILES string of the molecule is CC(C)C(N)CCNCC1(C)CCCC1. The summed E-state index contributed by atoms with van der Waals surface area (Å²) >= 11 is 0. The number of hydrogen-bond donors (Lipinski definition) is 2. The van der Waals surface area contributed by atoms with E-state index in [4.69, 9.17) is 5.73 Å². The maximum Gasteiger partial charge on any atom is 0.00739 e. The third kappa shape index (κ3) is 4.52. The molecule has 1 atom stereocenters. The molecule has 0 aromatic rings. The summed E-state index contributed by atoms with van der Waals surface area (Å²) in [5, 5.41) is 3.57. The molecule has 0 amide bonds. The van der Waals surface area contributed by atoms with Crippen LogP contribution in [0.3, 0.4) is 0 Å². The van der Waals surface area contributed by atoms with E-state index >= 15 is 0 Å². The maximum absolute atomic E-state index is 6.00. The van der Waals surface area contributed by atoms with Gasteiger partial charge in [0.2, 0.25) is 0 Å². The lowest BCUT2D eigenvalue weighted by Gasteiger charge is -2.24. The van der Waals surface area contributed by atoms with Gasteiger partial charge in [0.1, 0.15) is 0 Å². The molecule has 2 nitrogen and oxygen atoms in total. The van der Waals surface area contributed by atoms with Crippen molar-refractivity contribution in [1.29, 1.82) is 0 Å². The van der Waals surface area contributed by atoms with Gasteiger partial charge in [0.15, 0.2) is 0 Å². The van der Waals surface area contributed by atoms with Gasteiger partial charge in [0.25, 0.3) is 0 Å². The fourth-order valence-corrected chi connectivity index (χ4v) is 2.40. The highest BCUT2D eigenvalue weighted by Gasteiger charge is 2.27. The highest BCUT2D eigenvalue weighted by atomic mass is 14.9. The summed E-state index contributed by atoms with van der Waals surface area (Å²) in [7, 11) is 0. The second-order valence-electron chi connectivity index (χ2n) is 5.89. The molecule has 90 valence electrons. The van der Waals surface area contributed by atoms with E-state index in [1.807, 2.05) is 0 Å². The van der Waals surface area contributed by atoms with Gasteiger partial charge in [-0.15, -0.1) is 0 Å². The van der Waals surface area contributed by atoms with Gasteiger partial charge in [-0.25, -0.2) is 0 Å². The van der Waals surface area contributed by atoms with Crippen LogP contribution < -0.4 is 11.1 Å². The Bertz CT molecular complexity index is 171. The molecular weight excluding hydrogens is 184 g/mol. The van der Waals surface area contributed by atoms with Gasteiger partial charge in [0, 0.05) is 12.6 Å². The van der Waals surface area contributed by atoms with E-state index in [2.05, 4.69) is 26.1 Å². The van der Waals surface area contributed by atoms with Gasteiger partial charge in [-0.3, -0.25) is 0 Å². The van der Waals surface area contributed by atoms with Gasteiger partial charge < -0.3 is 11.1 Å². The molecule has 2 heteroatoms. The Morgan fingerprint density at radius 3 is 2.40 bits per heavy atom. The molecule has 1 rings (SSSR count). The third-order valence-electron chi connectivity index (χ3n) is 3.87. The van der Waals surface area contributed by atoms with Crippen LogP contribution in [0.25, 0.3) is 0 Å². The van der Waals surface area contributed by atoms with Crippen LogP contribution in [-0.4, -0.2) is 19.1 Å². The van der Waals surface area contributed by atoms with Crippen molar-refractivity contribution in [1.82, 2.24) is 5.32 Å². The van der Waals surface area contributed by atoms with Crippen molar-refractivity contribution in [2.24, 2.45) is 17.1 Å². The van der Waals surface area contributed by atoms with Crippen LogP contribution in [0, 0.1) is 11.3 Å². The van der Waals surface area contributed by atoms with Gasteiger partial charge in [-0.2, -0.15) is 0 Å². The Labute approximate surface area is 95.0 Å². The minimum absolute atomic E-state index is 0.355. The third-order valence-corrected chi connectivity index (χ3v) is 3.87. The van der Waals surface area contributed by atoms with E-state index < -0.39 is 0 Å². The topological polar surface area (TPSA) is 38.0 Å². The molecule has 1 fully saturated rings. The highest BCUT2D eigenvalue weighted by molar-refractivity contribution is 4.82. The van der Waals surface area contributed by atoms with E-state index in [0.29, 0.717) is 17.4 Å². The van der Waals surface area contributed by atoms with Gasteiger partial charge in [-0.1, -0.05) is 33.6 Å². The molecule has 0 aliphatic heterocycles. The molecule has 1 aliphatic carbocycles. The highest BCUT2D eigenvalue weighted by Crippen LogP contribution is 2.36. The minimum atomic E-state index is 0.355. The molecule has 3 N–H and O–H groups in total. The summed E-state index contributed by atoms with van der Waals surface area (Å²) in [6.45, 7) is 9.06. The molecule has 0 radical (unpaired) electrons. The quantitative estimate of drug-likeness (QED) is 0.664. The van der Waals surface area contributed by atoms with Crippen LogP contribution >= 0.6 is 0 Å². The van der Waals surface area contributed by atoms with Crippen molar-refractivity contribution in [3.8, 4) is 0 Å². The predicted molar refractivity (Wildman–Crippen MR) is 66.9 cm³/mol. The van der Waals surface area contributed by atoms with Crippen LogP contribution in [0.1, 0.15) is 52.9 Å². The summed E-state index contributed by atoms with van der Waals surface area (Å²) < 4.78 is 0. The number of nitrogens with one attached hydrogen (secondary N) is 1. The smallest absolute Gasteiger partial charge is 0.00739 e. The first-order valence-electron chi connectivity index (χ1n) is 6.50. The zero-order valence-electron chi connectivity index (χ0n) is 10.7. The first kappa shape index (κ1) is 13.0. The van der Waals surface area contributed by atoms with Crippen LogP contribution in [0.15, 0.2) is 0 Å². The van der Waals surface area contributed by atoms with Crippen LogP contribution in [0.2, 0.25) is 0 Å². The Morgan fingerprint density at radius 1 is 1.27 bits per heavy atom. The molecule has 0 spiro atoms. The summed E-state index contributed by atoms with van der Waals surface area (Å²) in [5.41, 5.74) is 6.58. The number of hydrogen-bond acceptors (Lipinski definition) is 2. The van der Waals surface area contributed by atoms with Crippen molar-refractivity contribution in [2.75, 3.05) is 13.1 Å². The predicted octanol–water partition coefficient (Wildman–Crippen LogP) is 2.53. The van der Waals surface area contributed by atoms with E-state index in [0.717, 1.165) is 13.0 Å². The van der Waals surface area contributed by atoms with Crippen molar-refractivity contribution in [2.45, 2.75) is 58.9 Å². The van der Waals surface area contributed by atoms with Gasteiger partial charge in [0.05, 0.1) is 0 Å². The fraction of sp³-hybridized carbons (Fsp3) is 1.00. The average molecular weight is 212 g/mol. The summed E-state index contributed by atoms with van der Waals surface area (Å²) in [5.74, 6) is 0.605. The Kier molecular flexibility index (Phi) is 5.07. The van der Waals surface area contributed by atoms with E-state index in [1.54, 1.807) is 0 Å². The molecule has 1 aliphatic rings. The van der Waals surface area contributed by atoms with Gasteiger partial charge in [-0.05, 0) is 37.1 Å². The monoisotopic (exact) mass is 212 g/mol. The second kappa shape index (κ2) is 5.86. The van der Waals surface area contributed by atoms with E-state index in [1.165, 1.54) is 32.2 Å². The average Bonchev–Trinajstić information content (AvgIpc) is 2.60. The first-order valence-corrected chi connectivity index (χ1v) is 6.50. The molecule has 0 heterocycles. The lowest BCUT2D eigenvalue weighted by atomic mass is 9.89. The largest absolute Gasteiger partial charge is 0.327 e. The van der Waals surface area contributed by atoms with Gasteiger partial charge >= 0.3 is 0 Å². The maximum atomic E-state index is 6.00. The van der Waals surface area contributed by atoms with Crippen LogP contribution in [0.5, 0.6) is 0 Å². The van der Waals surface area contributed by atoms with Crippen molar-refractivity contribution in [3.05, 3.63) is 0 Å². The molecule has 1 unspecified atom stereocenters. The Hall–Kier alpha value is -0.0800. The number of rotatable bonds is 6. The van der Waals surface area contributed by atoms with Crippen LogP contribution in [0.4, 0.5) is 0 Å².